The number of carbonyl (C=O) groups excluding carboxylic acids is 3. The number of amides is 2. The fourth-order valence-electron chi connectivity index (χ4n) is 5.58. The van der Waals surface area contributed by atoms with Crippen molar-refractivity contribution in [2.75, 3.05) is 4.90 Å². The minimum absolute atomic E-state index is 0.158. The van der Waals surface area contributed by atoms with E-state index in [0.717, 1.165) is 16.8 Å². The first kappa shape index (κ1) is 18.0. The van der Waals surface area contributed by atoms with Crippen molar-refractivity contribution >= 4 is 23.5 Å². The third kappa shape index (κ3) is 2.39. The molecule has 4 heterocycles. The molecule has 2 amide bonds. The number of pyridine rings is 1. The standard InChI is InChI=1S/C25H19N2O4/c1-14(28)31-16-11-9-15(10-12-16)27-24(29)21-20-17-6-2-3-7-18(17)23(22(21)25(27)30)26-13-5-4-8-19(20)26/h2-13,20-23H,1H3/q+1/t20-,21-,22+,23-/m0/s1. The lowest BCUT2D eigenvalue weighted by Gasteiger charge is -2.40. The molecule has 31 heavy (non-hydrogen) atoms. The van der Waals surface area contributed by atoms with Crippen molar-refractivity contribution in [1.82, 2.24) is 0 Å². The fraction of sp³-hybridized carbons (Fsp3) is 0.200. The van der Waals surface area contributed by atoms with Gasteiger partial charge in [0.25, 0.3) is 0 Å². The Morgan fingerprint density at radius 2 is 1.55 bits per heavy atom. The Morgan fingerprint density at radius 1 is 0.871 bits per heavy atom. The molecule has 0 spiro atoms. The molecule has 1 fully saturated rings. The van der Waals surface area contributed by atoms with Crippen molar-refractivity contribution in [2.24, 2.45) is 11.8 Å². The van der Waals surface area contributed by atoms with E-state index in [1.807, 2.05) is 30.5 Å². The molecule has 0 N–H and O–H groups in total. The van der Waals surface area contributed by atoms with Crippen molar-refractivity contribution in [3.63, 3.8) is 0 Å². The summed E-state index contributed by atoms with van der Waals surface area (Å²) in [5.74, 6) is -1.42. The Morgan fingerprint density at radius 3 is 2.29 bits per heavy atom. The predicted octanol–water partition coefficient (Wildman–Crippen LogP) is 2.75. The van der Waals surface area contributed by atoms with Gasteiger partial charge in [0.2, 0.25) is 11.8 Å². The van der Waals surface area contributed by atoms with Crippen LogP contribution in [0.4, 0.5) is 5.69 Å². The van der Waals surface area contributed by atoms with Crippen molar-refractivity contribution < 1.29 is 23.7 Å². The second kappa shape index (κ2) is 6.35. The second-order valence-electron chi connectivity index (χ2n) is 8.24. The first-order valence-electron chi connectivity index (χ1n) is 10.3. The van der Waals surface area contributed by atoms with E-state index in [0.29, 0.717) is 11.4 Å². The van der Waals surface area contributed by atoms with Crippen LogP contribution in [0, 0.1) is 11.8 Å². The van der Waals surface area contributed by atoms with Crippen molar-refractivity contribution in [1.29, 1.82) is 0 Å². The van der Waals surface area contributed by atoms with Crippen LogP contribution in [0.3, 0.4) is 0 Å². The Bertz CT molecular complexity index is 1150. The number of imide groups is 1. The summed E-state index contributed by atoms with van der Waals surface area (Å²) in [5, 5.41) is 0. The lowest BCUT2D eigenvalue weighted by molar-refractivity contribution is -0.736. The normalized spacial score (nSPS) is 25.1. The molecule has 2 bridgehead atoms. The van der Waals surface area contributed by atoms with Gasteiger partial charge in [-0.1, -0.05) is 30.3 Å². The molecule has 152 valence electrons. The summed E-state index contributed by atoms with van der Waals surface area (Å²) in [6, 6.07) is 20.4. The number of rotatable bonds is 2. The van der Waals surface area contributed by atoms with Crippen LogP contribution in [0.5, 0.6) is 5.75 Å². The van der Waals surface area contributed by atoms with Gasteiger partial charge in [0.15, 0.2) is 17.9 Å². The minimum atomic E-state index is -0.444. The number of aromatic nitrogens is 1. The van der Waals surface area contributed by atoms with Crippen LogP contribution in [0.1, 0.15) is 35.7 Å². The first-order valence-corrected chi connectivity index (χ1v) is 10.3. The monoisotopic (exact) mass is 411 g/mol. The van der Waals surface area contributed by atoms with Gasteiger partial charge in [-0.15, -0.1) is 0 Å². The third-order valence-corrected chi connectivity index (χ3v) is 6.64. The van der Waals surface area contributed by atoms with Crippen LogP contribution in [0.2, 0.25) is 0 Å². The van der Waals surface area contributed by atoms with Crippen LogP contribution in [0.25, 0.3) is 0 Å². The smallest absolute Gasteiger partial charge is 0.308 e. The summed E-state index contributed by atoms with van der Waals surface area (Å²) >= 11 is 0. The summed E-state index contributed by atoms with van der Waals surface area (Å²) in [6.07, 6.45) is 2.01. The highest BCUT2D eigenvalue weighted by atomic mass is 16.5. The largest absolute Gasteiger partial charge is 0.427 e. The van der Waals surface area contributed by atoms with Gasteiger partial charge in [-0.25, -0.2) is 4.90 Å². The molecule has 1 aromatic heterocycles. The van der Waals surface area contributed by atoms with E-state index in [1.165, 1.54) is 11.8 Å². The van der Waals surface area contributed by atoms with Gasteiger partial charge in [0.1, 0.15) is 11.7 Å². The van der Waals surface area contributed by atoms with Gasteiger partial charge in [-0.05, 0) is 29.8 Å². The Labute approximate surface area is 178 Å². The number of esters is 1. The molecular formula is C25H19N2O4+. The van der Waals surface area contributed by atoms with E-state index in [1.54, 1.807) is 24.3 Å². The number of benzene rings is 2. The molecule has 3 aromatic rings. The van der Waals surface area contributed by atoms with Crippen LogP contribution < -0.4 is 14.2 Å². The summed E-state index contributed by atoms with van der Waals surface area (Å²) < 4.78 is 7.24. The van der Waals surface area contributed by atoms with Crippen molar-refractivity contribution in [3.05, 3.63) is 89.7 Å². The molecule has 1 saturated heterocycles. The summed E-state index contributed by atoms with van der Waals surface area (Å²) in [7, 11) is 0. The third-order valence-electron chi connectivity index (χ3n) is 6.64. The number of carbonyl (C=O) groups is 3. The lowest BCUT2D eigenvalue weighted by Crippen LogP contribution is -2.59. The highest BCUT2D eigenvalue weighted by Gasteiger charge is 2.66. The van der Waals surface area contributed by atoms with Gasteiger partial charge in [-0.2, -0.15) is 4.57 Å². The second-order valence-corrected chi connectivity index (χ2v) is 8.24. The van der Waals surface area contributed by atoms with Gasteiger partial charge in [-0.3, -0.25) is 14.4 Å². The Hall–Kier alpha value is -3.80. The fourth-order valence-corrected chi connectivity index (χ4v) is 5.58. The average molecular weight is 411 g/mol. The molecule has 1 aliphatic carbocycles. The zero-order valence-corrected chi connectivity index (χ0v) is 16.8. The summed E-state index contributed by atoms with van der Waals surface area (Å²) in [4.78, 5) is 39.8. The molecule has 0 saturated carbocycles. The molecule has 4 atom stereocenters. The highest BCUT2D eigenvalue weighted by molar-refractivity contribution is 6.23. The minimum Gasteiger partial charge on any atom is -0.427 e. The molecule has 6 heteroatoms. The molecule has 2 aromatic carbocycles. The van der Waals surface area contributed by atoms with Gasteiger partial charge in [0.05, 0.1) is 17.5 Å². The highest BCUT2D eigenvalue weighted by Crippen LogP contribution is 2.55. The van der Waals surface area contributed by atoms with E-state index in [-0.39, 0.29) is 23.8 Å². The number of nitrogens with zero attached hydrogens (tertiary/aromatic N) is 2. The molecular weight excluding hydrogens is 392 g/mol. The molecule has 6 nitrogen and oxygen atoms in total. The Balaban J connectivity index is 1.46. The average Bonchev–Trinajstić information content (AvgIpc) is 3.05. The van der Waals surface area contributed by atoms with Crippen LogP contribution in [0.15, 0.2) is 72.9 Å². The van der Waals surface area contributed by atoms with Crippen molar-refractivity contribution in [3.8, 4) is 5.75 Å². The molecule has 7 rings (SSSR count). The number of ether oxygens (including phenoxy) is 1. The lowest BCUT2D eigenvalue weighted by atomic mass is 9.63. The maximum atomic E-state index is 13.6. The van der Waals surface area contributed by atoms with Crippen molar-refractivity contribution in [2.45, 2.75) is 18.9 Å². The van der Waals surface area contributed by atoms with Crippen LogP contribution in [-0.2, 0) is 14.4 Å². The van der Waals surface area contributed by atoms with Gasteiger partial charge in [0, 0.05) is 24.6 Å². The molecule has 4 aliphatic rings. The zero-order chi connectivity index (χ0) is 21.3. The maximum Gasteiger partial charge on any atom is 0.308 e. The SMILES string of the molecule is CC(=O)Oc1ccc(N2C(=O)[C@@H]3[C@@H](C2=O)[C@H]2c4ccccc4[C@@H]3[n+]3ccccc32)cc1. The van der Waals surface area contributed by atoms with Gasteiger partial charge < -0.3 is 4.74 Å². The van der Waals surface area contributed by atoms with Crippen LogP contribution >= 0.6 is 0 Å². The van der Waals surface area contributed by atoms with E-state index in [9.17, 15) is 14.4 Å². The molecule has 3 aliphatic heterocycles. The topological polar surface area (TPSA) is 67.6 Å². The summed E-state index contributed by atoms with van der Waals surface area (Å²) in [6.45, 7) is 1.33. The number of hydrogen-bond acceptors (Lipinski definition) is 4. The molecule has 0 unspecified atom stereocenters. The zero-order valence-electron chi connectivity index (χ0n) is 16.8. The van der Waals surface area contributed by atoms with E-state index in [2.05, 4.69) is 22.8 Å². The van der Waals surface area contributed by atoms with E-state index < -0.39 is 17.8 Å². The summed E-state index contributed by atoms with van der Waals surface area (Å²) in [5.41, 5.74) is 3.82. The maximum absolute atomic E-state index is 13.6. The first-order chi connectivity index (χ1) is 15.1. The quantitative estimate of drug-likeness (QED) is 0.282. The number of hydrogen-bond donors (Lipinski definition) is 0. The predicted molar refractivity (Wildman–Crippen MR) is 110 cm³/mol. The van der Waals surface area contributed by atoms with E-state index >= 15 is 0 Å². The van der Waals surface area contributed by atoms with E-state index in [4.69, 9.17) is 4.74 Å². The molecule has 0 radical (unpaired) electrons. The number of anilines is 1. The van der Waals surface area contributed by atoms with Crippen LogP contribution in [-0.4, -0.2) is 17.8 Å². The van der Waals surface area contributed by atoms with Gasteiger partial charge >= 0.3 is 5.97 Å². The Kier molecular flexibility index (Phi) is 3.69.